The summed E-state index contributed by atoms with van der Waals surface area (Å²) >= 11 is 0. The fraction of sp³-hybridized carbons (Fsp3) is 0.211. The lowest BCUT2D eigenvalue weighted by atomic mass is 10.1. The Bertz CT molecular complexity index is 769. The highest BCUT2D eigenvalue weighted by Gasteiger charge is 2.24. The van der Waals surface area contributed by atoms with Gasteiger partial charge in [-0.1, -0.05) is 36.4 Å². The van der Waals surface area contributed by atoms with Crippen molar-refractivity contribution in [3.8, 4) is 0 Å². The van der Waals surface area contributed by atoms with Crippen molar-refractivity contribution in [3.05, 3.63) is 58.7 Å². The summed E-state index contributed by atoms with van der Waals surface area (Å²) in [6.07, 6.45) is 0. The highest BCUT2D eigenvalue weighted by Crippen LogP contribution is 2.25. The highest BCUT2D eigenvalue weighted by atomic mass is 16.2. The van der Waals surface area contributed by atoms with Gasteiger partial charge in [0.2, 0.25) is 0 Å². The van der Waals surface area contributed by atoms with E-state index in [4.69, 9.17) is 0 Å². The molecule has 2 aromatic rings. The van der Waals surface area contributed by atoms with Gasteiger partial charge < -0.3 is 0 Å². The van der Waals surface area contributed by atoms with Gasteiger partial charge in [0.1, 0.15) is 0 Å². The van der Waals surface area contributed by atoms with Crippen LogP contribution in [-0.2, 0) is 0 Å². The van der Waals surface area contributed by atoms with E-state index >= 15 is 0 Å². The standard InChI is InChI=1S/C19H20N4O/c1-11-7-5-8-12(2)15(11)20-17-18(23-19(24)22-17)21-16-13(3)9-6-10-14(16)4/h5-10H,1-4H3,(H2,20,21,22,23,24). The molecule has 0 aromatic heterocycles. The molecule has 122 valence electrons. The van der Waals surface area contributed by atoms with Crippen LogP contribution in [0.3, 0.4) is 0 Å². The monoisotopic (exact) mass is 320 g/mol. The minimum absolute atomic E-state index is 0.315. The second-order valence-corrected chi connectivity index (χ2v) is 5.98. The van der Waals surface area contributed by atoms with E-state index in [9.17, 15) is 4.79 Å². The number of amidine groups is 2. The van der Waals surface area contributed by atoms with Crippen molar-refractivity contribution in [2.24, 2.45) is 9.98 Å². The molecule has 0 spiro atoms. The molecule has 0 saturated carbocycles. The third kappa shape index (κ3) is 3.06. The molecule has 24 heavy (non-hydrogen) atoms. The summed E-state index contributed by atoms with van der Waals surface area (Å²) in [5, 5.41) is 5.47. The van der Waals surface area contributed by atoms with Gasteiger partial charge >= 0.3 is 6.03 Å². The number of urea groups is 1. The van der Waals surface area contributed by atoms with Crippen molar-refractivity contribution < 1.29 is 4.79 Å². The van der Waals surface area contributed by atoms with E-state index in [0.717, 1.165) is 33.6 Å². The number of hydrogen-bond acceptors (Lipinski definition) is 3. The number of para-hydroxylation sites is 2. The van der Waals surface area contributed by atoms with Crippen LogP contribution in [0.15, 0.2) is 46.4 Å². The van der Waals surface area contributed by atoms with Gasteiger partial charge in [-0.05, 0) is 49.9 Å². The Kier molecular flexibility index (Phi) is 4.16. The van der Waals surface area contributed by atoms with Gasteiger partial charge in [-0.3, -0.25) is 10.6 Å². The first kappa shape index (κ1) is 15.9. The van der Waals surface area contributed by atoms with Crippen LogP contribution in [0.4, 0.5) is 16.2 Å². The largest absolute Gasteiger partial charge is 0.326 e. The molecule has 2 N–H and O–H groups in total. The van der Waals surface area contributed by atoms with Gasteiger partial charge in [0.05, 0.1) is 11.4 Å². The smallest absolute Gasteiger partial charge is 0.289 e. The first-order chi connectivity index (χ1) is 11.5. The molecule has 2 aromatic carbocycles. The average Bonchev–Trinajstić information content (AvgIpc) is 2.87. The first-order valence-corrected chi connectivity index (χ1v) is 7.84. The van der Waals surface area contributed by atoms with Crippen LogP contribution in [-0.4, -0.2) is 17.7 Å². The molecule has 0 atom stereocenters. The van der Waals surface area contributed by atoms with Crippen molar-refractivity contribution in [3.63, 3.8) is 0 Å². The third-order valence-electron chi connectivity index (χ3n) is 4.01. The molecule has 5 heteroatoms. The zero-order valence-corrected chi connectivity index (χ0v) is 14.3. The van der Waals surface area contributed by atoms with E-state index in [1.807, 2.05) is 64.1 Å². The van der Waals surface area contributed by atoms with Gasteiger partial charge in [-0.15, -0.1) is 0 Å². The van der Waals surface area contributed by atoms with Gasteiger partial charge in [-0.25, -0.2) is 14.8 Å². The second-order valence-electron chi connectivity index (χ2n) is 5.98. The van der Waals surface area contributed by atoms with Crippen molar-refractivity contribution in [2.45, 2.75) is 27.7 Å². The summed E-state index contributed by atoms with van der Waals surface area (Å²) in [7, 11) is 0. The Labute approximate surface area is 141 Å². The van der Waals surface area contributed by atoms with Crippen LogP contribution >= 0.6 is 0 Å². The first-order valence-electron chi connectivity index (χ1n) is 7.84. The lowest BCUT2D eigenvalue weighted by Gasteiger charge is -2.07. The Morgan fingerprint density at radius 1 is 0.667 bits per heavy atom. The number of nitrogens with zero attached hydrogens (tertiary/aromatic N) is 2. The van der Waals surface area contributed by atoms with Crippen molar-refractivity contribution >= 4 is 29.1 Å². The molecular formula is C19H20N4O. The number of hydrogen-bond donors (Lipinski definition) is 2. The Hall–Kier alpha value is -2.95. The number of rotatable bonds is 2. The number of amides is 2. The quantitative estimate of drug-likeness (QED) is 0.863. The fourth-order valence-electron chi connectivity index (χ4n) is 2.71. The Morgan fingerprint density at radius 3 is 1.33 bits per heavy atom. The number of benzene rings is 2. The number of aliphatic imine (C=N–C) groups is 2. The molecule has 1 saturated heterocycles. The molecule has 0 unspecified atom stereocenters. The lowest BCUT2D eigenvalue weighted by molar-refractivity contribution is 0.251. The fourth-order valence-corrected chi connectivity index (χ4v) is 2.71. The molecule has 5 nitrogen and oxygen atoms in total. The number of carbonyl (C=O) groups excluding carboxylic acids is 1. The summed E-state index contributed by atoms with van der Waals surface area (Å²) < 4.78 is 0. The maximum absolute atomic E-state index is 11.8. The van der Waals surface area contributed by atoms with E-state index in [1.165, 1.54) is 0 Å². The van der Waals surface area contributed by atoms with Crippen LogP contribution < -0.4 is 10.6 Å². The van der Waals surface area contributed by atoms with Crippen LogP contribution in [0.1, 0.15) is 22.3 Å². The SMILES string of the molecule is Cc1cccc(C)c1N=C1NC(=O)NC1=Nc1c(C)cccc1C. The lowest BCUT2D eigenvalue weighted by Crippen LogP contribution is -2.22. The van der Waals surface area contributed by atoms with E-state index < -0.39 is 0 Å². The molecule has 2 amide bonds. The molecule has 1 heterocycles. The van der Waals surface area contributed by atoms with Crippen LogP contribution in [0.2, 0.25) is 0 Å². The van der Waals surface area contributed by atoms with Crippen molar-refractivity contribution in [1.29, 1.82) is 0 Å². The topological polar surface area (TPSA) is 65.8 Å². The molecule has 1 aliphatic heterocycles. The van der Waals surface area contributed by atoms with E-state index in [0.29, 0.717) is 11.7 Å². The predicted octanol–water partition coefficient (Wildman–Crippen LogP) is 3.99. The minimum Gasteiger partial charge on any atom is -0.289 e. The summed E-state index contributed by atoms with van der Waals surface area (Å²) in [4.78, 5) is 21.1. The Balaban J connectivity index is 2.09. The zero-order chi connectivity index (χ0) is 17.3. The number of carbonyl (C=O) groups is 1. The summed E-state index contributed by atoms with van der Waals surface area (Å²) in [5.41, 5.74) is 5.91. The summed E-state index contributed by atoms with van der Waals surface area (Å²) in [6, 6.07) is 11.7. The molecular weight excluding hydrogens is 300 g/mol. The predicted molar refractivity (Wildman–Crippen MR) is 97.7 cm³/mol. The van der Waals surface area contributed by atoms with E-state index in [2.05, 4.69) is 20.6 Å². The Morgan fingerprint density at radius 2 is 1.00 bits per heavy atom. The molecule has 0 radical (unpaired) electrons. The number of nitrogens with one attached hydrogen (secondary N) is 2. The van der Waals surface area contributed by atoms with Crippen LogP contribution in [0.5, 0.6) is 0 Å². The third-order valence-corrected chi connectivity index (χ3v) is 4.01. The normalized spacial score (nSPS) is 17.2. The van der Waals surface area contributed by atoms with E-state index in [1.54, 1.807) is 0 Å². The van der Waals surface area contributed by atoms with E-state index in [-0.39, 0.29) is 6.03 Å². The molecule has 1 aliphatic rings. The minimum atomic E-state index is -0.315. The molecule has 1 fully saturated rings. The van der Waals surface area contributed by atoms with Crippen LogP contribution in [0.25, 0.3) is 0 Å². The average molecular weight is 320 g/mol. The molecule has 3 rings (SSSR count). The summed E-state index contributed by atoms with van der Waals surface area (Å²) in [6.45, 7) is 8.00. The van der Waals surface area contributed by atoms with Gasteiger partial charge in [-0.2, -0.15) is 0 Å². The molecule has 0 aliphatic carbocycles. The maximum atomic E-state index is 11.8. The van der Waals surface area contributed by atoms with Crippen molar-refractivity contribution in [2.75, 3.05) is 0 Å². The maximum Gasteiger partial charge on any atom is 0.326 e. The highest BCUT2D eigenvalue weighted by molar-refractivity contribution is 6.50. The zero-order valence-electron chi connectivity index (χ0n) is 14.3. The van der Waals surface area contributed by atoms with Gasteiger partial charge in [0, 0.05) is 0 Å². The second kappa shape index (κ2) is 6.28. The number of aryl methyl sites for hydroxylation is 4. The summed E-state index contributed by atoms with van der Waals surface area (Å²) in [5.74, 6) is 0.889. The van der Waals surface area contributed by atoms with Gasteiger partial charge in [0.25, 0.3) is 0 Å². The molecule has 0 bridgehead atoms. The van der Waals surface area contributed by atoms with Crippen molar-refractivity contribution in [1.82, 2.24) is 10.6 Å². The van der Waals surface area contributed by atoms with Gasteiger partial charge in [0.15, 0.2) is 11.7 Å². The van der Waals surface area contributed by atoms with Crippen LogP contribution in [0, 0.1) is 27.7 Å².